The summed E-state index contributed by atoms with van der Waals surface area (Å²) in [6, 6.07) is 12.4. The minimum absolute atomic E-state index is 0.00832. The third kappa shape index (κ3) is 4.65. The summed E-state index contributed by atoms with van der Waals surface area (Å²) in [5.74, 6) is 0.782. The van der Waals surface area contributed by atoms with Crippen LogP contribution in [-0.4, -0.2) is 51.1 Å². The van der Waals surface area contributed by atoms with Crippen molar-refractivity contribution in [3.8, 4) is 0 Å². The monoisotopic (exact) mass is 501 g/mol. The van der Waals surface area contributed by atoms with Crippen LogP contribution < -0.4 is 10.9 Å². The van der Waals surface area contributed by atoms with Gasteiger partial charge in [0.05, 0.1) is 32.7 Å². The molecule has 0 radical (unpaired) electrons. The Morgan fingerprint density at radius 1 is 1.15 bits per heavy atom. The molecular formula is C25H29Cl2N5O2. The number of anilines is 1. The summed E-state index contributed by atoms with van der Waals surface area (Å²) in [6.07, 6.45) is 0.807. The molecule has 1 saturated heterocycles. The molecule has 7 nitrogen and oxygen atoms in total. The summed E-state index contributed by atoms with van der Waals surface area (Å²) >= 11 is 12.3. The normalized spacial score (nSPS) is 17.7. The number of carbonyl (C=O) groups excluding carboxylic acids is 1. The average molecular weight is 502 g/mol. The Balaban J connectivity index is 1.55. The molecule has 9 heteroatoms. The fourth-order valence-electron chi connectivity index (χ4n) is 4.71. The van der Waals surface area contributed by atoms with Crippen LogP contribution in [0.3, 0.4) is 0 Å². The van der Waals surface area contributed by atoms with Gasteiger partial charge in [-0.15, -0.1) is 0 Å². The van der Waals surface area contributed by atoms with Crippen LogP contribution >= 0.6 is 23.2 Å². The number of piperazine rings is 1. The Hall–Kier alpha value is -2.61. The highest BCUT2D eigenvalue weighted by Crippen LogP contribution is 2.31. The van der Waals surface area contributed by atoms with Gasteiger partial charge in [-0.2, -0.15) is 0 Å². The first-order chi connectivity index (χ1) is 16.3. The zero-order chi connectivity index (χ0) is 24.4. The van der Waals surface area contributed by atoms with Crippen LogP contribution in [0.15, 0.2) is 47.3 Å². The number of fused-ring (bicyclic) bond motifs is 1. The summed E-state index contributed by atoms with van der Waals surface area (Å²) in [6.45, 7) is 8.55. The topological polar surface area (TPSA) is 70.5 Å². The zero-order valence-corrected chi connectivity index (χ0v) is 21.1. The Bertz CT molecular complexity index is 1260. The number of nitrogens with one attached hydrogen (secondary N) is 1. The van der Waals surface area contributed by atoms with Crippen molar-refractivity contribution in [1.82, 2.24) is 19.4 Å². The molecule has 4 rings (SSSR count). The first-order valence-electron chi connectivity index (χ1n) is 11.6. The number of rotatable bonds is 5. The summed E-state index contributed by atoms with van der Waals surface area (Å²) < 4.78 is 1.78. The second kappa shape index (κ2) is 10.3. The van der Waals surface area contributed by atoms with Crippen LogP contribution in [-0.2, 0) is 6.54 Å². The number of benzene rings is 2. The number of halogens is 2. The van der Waals surface area contributed by atoms with E-state index in [1.165, 1.54) is 0 Å². The summed E-state index contributed by atoms with van der Waals surface area (Å²) in [7, 11) is 0. The SMILES string of the molecule is CCC(c1nc2ccccc2c(=O)n1CC)N1CCN(C(=O)Nc2cccc(Cl)c2Cl)C(C)C1. The Labute approximate surface area is 209 Å². The summed E-state index contributed by atoms with van der Waals surface area (Å²) in [4.78, 5) is 35.2. The van der Waals surface area contributed by atoms with Gasteiger partial charge in [0.1, 0.15) is 5.82 Å². The van der Waals surface area contributed by atoms with Gasteiger partial charge in [0, 0.05) is 32.2 Å². The largest absolute Gasteiger partial charge is 0.322 e. The molecule has 0 aliphatic carbocycles. The lowest BCUT2D eigenvalue weighted by atomic mass is 10.1. The van der Waals surface area contributed by atoms with Crippen molar-refractivity contribution in [2.75, 3.05) is 25.0 Å². The van der Waals surface area contributed by atoms with Crippen LogP contribution in [0, 0.1) is 0 Å². The van der Waals surface area contributed by atoms with E-state index in [1.807, 2.05) is 38.1 Å². The molecule has 1 aliphatic heterocycles. The highest BCUT2D eigenvalue weighted by molar-refractivity contribution is 6.43. The molecule has 2 amide bonds. The molecule has 3 aromatic rings. The lowest BCUT2D eigenvalue weighted by molar-refractivity contribution is 0.0718. The molecule has 1 fully saturated rings. The van der Waals surface area contributed by atoms with E-state index in [1.54, 1.807) is 27.7 Å². The third-order valence-corrected chi connectivity index (χ3v) is 7.26. The molecule has 180 valence electrons. The maximum Gasteiger partial charge on any atom is 0.322 e. The first-order valence-corrected chi connectivity index (χ1v) is 12.4. The highest BCUT2D eigenvalue weighted by Gasteiger charge is 2.33. The summed E-state index contributed by atoms with van der Waals surface area (Å²) in [5.41, 5.74) is 1.20. The van der Waals surface area contributed by atoms with E-state index < -0.39 is 0 Å². The van der Waals surface area contributed by atoms with Gasteiger partial charge in [0.2, 0.25) is 0 Å². The second-order valence-corrected chi connectivity index (χ2v) is 9.31. The number of carbonyl (C=O) groups is 1. The van der Waals surface area contributed by atoms with Crippen molar-refractivity contribution in [3.05, 3.63) is 68.7 Å². The number of urea groups is 1. The molecule has 2 atom stereocenters. The molecule has 1 aromatic heterocycles. The van der Waals surface area contributed by atoms with Gasteiger partial charge in [-0.3, -0.25) is 14.3 Å². The standard InChI is InChI=1S/C25H29Cl2N5O2/c1-4-21(23-28-19-11-7-6-9-17(19)24(33)31(23)5-2)30-13-14-32(16(3)15-30)25(34)29-20-12-8-10-18(26)22(20)27/h6-12,16,21H,4-5,13-15H2,1-3H3,(H,29,34). The molecule has 34 heavy (non-hydrogen) atoms. The molecule has 1 N–H and O–H groups in total. The highest BCUT2D eigenvalue weighted by atomic mass is 35.5. The molecule has 2 unspecified atom stereocenters. The fourth-order valence-corrected chi connectivity index (χ4v) is 5.05. The predicted molar refractivity (Wildman–Crippen MR) is 138 cm³/mol. The number of para-hydroxylation sites is 1. The van der Waals surface area contributed by atoms with Crippen LogP contribution in [0.25, 0.3) is 10.9 Å². The van der Waals surface area contributed by atoms with E-state index in [0.29, 0.717) is 47.3 Å². The third-order valence-electron chi connectivity index (χ3n) is 6.45. The molecule has 1 aliphatic rings. The van der Waals surface area contributed by atoms with Gasteiger partial charge in [0.15, 0.2) is 0 Å². The zero-order valence-electron chi connectivity index (χ0n) is 19.6. The summed E-state index contributed by atoms with van der Waals surface area (Å²) in [5, 5.41) is 4.24. The van der Waals surface area contributed by atoms with E-state index >= 15 is 0 Å². The van der Waals surface area contributed by atoms with Crippen LogP contribution in [0.5, 0.6) is 0 Å². The van der Waals surface area contributed by atoms with Crippen LogP contribution in [0.2, 0.25) is 10.0 Å². The van der Waals surface area contributed by atoms with E-state index in [2.05, 4.69) is 17.1 Å². The second-order valence-electron chi connectivity index (χ2n) is 8.53. The quantitative estimate of drug-likeness (QED) is 0.507. The van der Waals surface area contributed by atoms with Crippen molar-refractivity contribution in [2.24, 2.45) is 0 Å². The Morgan fingerprint density at radius 3 is 2.62 bits per heavy atom. The van der Waals surface area contributed by atoms with Crippen LogP contribution in [0.4, 0.5) is 10.5 Å². The van der Waals surface area contributed by atoms with E-state index in [9.17, 15) is 9.59 Å². The molecule has 0 bridgehead atoms. The smallest absolute Gasteiger partial charge is 0.319 e. The van der Waals surface area contributed by atoms with E-state index in [4.69, 9.17) is 28.2 Å². The van der Waals surface area contributed by atoms with E-state index in [-0.39, 0.29) is 23.7 Å². The van der Waals surface area contributed by atoms with Gasteiger partial charge in [-0.25, -0.2) is 9.78 Å². The van der Waals surface area contributed by atoms with Crippen LogP contribution in [0.1, 0.15) is 39.1 Å². The maximum absolute atomic E-state index is 13.1. The molecule has 0 saturated carbocycles. The van der Waals surface area contributed by atoms with Crippen molar-refractivity contribution in [3.63, 3.8) is 0 Å². The minimum atomic E-state index is -0.210. The first kappa shape index (κ1) is 24.5. The minimum Gasteiger partial charge on any atom is -0.319 e. The van der Waals surface area contributed by atoms with Crippen molar-refractivity contribution < 1.29 is 4.79 Å². The maximum atomic E-state index is 13.1. The number of aromatic nitrogens is 2. The Kier molecular flexibility index (Phi) is 7.45. The van der Waals surface area contributed by atoms with Crippen molar-refractivity contribution in [2.45, 2.75) is 45.8 Å². The Morgan fingerprint density at radius 2 is 1.91 bits per heavy atom. The van der Waals surface area contributed by atoms with Gasteiger partial charge in [-0.05, 0) is 44.5 Å². The number of amides is 2. The van der Waals surface area contributed by atoms with Crippen molar-refractivity contribution in [1.29, 1.82) is 0 Å². The number of hydrogen-bond donors (Lipinski definition) is 1. The predicted octanol–water partition coefficient (Wildman–Crippen LogP) is 5.41. The number of nitrogens with zero attached hydrogens (tertiary/aromatic N) is 4. The molecule has 2 heterocycles. The fraction of sp³-hybridized carbons (Fsp3) is 0.400. The van der Waals surface area contributed by atoms with Crippen molar-refractivity contribution >= 4 is 45.8 Å². The van der Waals surface area contributed by atoms with Gasteiger partial charge >= 0.3 is 6.03 Å². The van der Waals surface area contributed by atoms with Gasteiger partial charge in [0.25, 0.3) is 5.56 Å². The van der Waals surface area contributed by atoms with Gasteiger partial charge < -0.3 is 10.2 Å². The van der Waals surface area contributed by atoms with Gasteiger partial charge in [-0.1, -0.05) is 48.3 Å². The molecule has 2 aromatic carbocycles. The van der Waals surface area contributed by atoms with E-state index in [0.717, 1.165) is 17.8 Å². The number of hydrogen-bond acceptors (Lipinski definition) is 4. The lowest BCUT2D eigenvalue weighted by Crippen LogP contribution is -2.56. The average Bonchev–Trinajstić information content (AvgIpc) is 2.83. The lowest BCUT2D eigenvalue weighted by Gasteiger charge is -2.43. The molecule has 0 spiro atoms. The molecular weight excluding hydrogens is 473 g/mol.